The zero-order chi connectivity index (χ0) is 17.8. The largest absolute Gasteiger partial charge is 0.441 e. The Kier molecular flexibility index (Phi) is 5.50. The lowest BCUT2D eigenvalue weighted by Gasteiger charge is -2.15. The normalized spacial score (nSPS) is 10.8. The number of aryl methyl sites for hydroxylation is 1. The third-order valence-electron chi connectivity index (χ3n) is 3.69. The number of aromatic nitrogens is 1. The maximum atomic E-state index is 13.8. The molecule has 0 spiro atoms. The molecule has 0 saturated heterocycles. The van der Waals surface area contributed by atoms with Gasteiger partial charge in [0.1, 0.15) is 5.82 Å². The van der Waals surface area contributed by atoms with Crippen LogP contribution in [0.2, 0.25) is 4.34 Å². The van der Waals surface area contributed by atoms with Crippen molar-refractivity contribution in [3.05, 3.63) is 63.5 Å². The Morgan fingerprint density at radius 2 is 2.12 bits per heavy atom. The van der Waals surface area contributed by atoms with Gasteiger partial charge in [-0.1, -0.05) is 23.7 Å². The lowest BCUT2D eigenvalue weighted by atomic mass is 10.2. The van der Waals surface area contributed by atoms with Crippen molar-refractivity contribution in [1.82, 2.24) is 9.88 Å². The molecule has 0 aliphatic heterocycles. The van der Waals surface area contributed by atoms with Crippen molar-refractivity contribution in [2.75, 3.05) is 7.05 Å². The van der Waals surface area contributed by atoms with Crippen LogP contribution in [-0.4, -0.2) is 22.8 Å². The van der Waals surface area contributed by atoms with Gasteiger partial charge in [-0.2, -0.15) is 0 Å². The average Bonchev–Trinajstić information content (AvgIpc) is 3.22. The molecule has 0 aliphatic rings. The lowest BCUT2D eigenvalue weighted by molar-refractivity contribution is -0.130. The summed E-state index contributed by atoms with van der Waals surface area (Å²) >= 11 is 7.35. The van der Waals surface area contributed by atoms with E-state index in [1.165, 1.54) is 23.6 Å². The summed E-state index contributed by atoms with van der Waals surface area (Å²) in [6.07, 6.45) is 2.12. The maximum Gasteiger partial charge on any atom is 0.223 e. The topological polar surface area (TPSA) is 46.3 Å². The van der Waals surface area contributed by atoms with Gasteiger partial charge in [0.05, 0.1) is 22.6 Å². The summed E-state index contributed by atoms with van der Waals surface area (Å²) in [6.45, 7) is 0.516. The first-order chi connectivity index (χ1) is 12.0. The number of benzene rings is 1. The fraction of sp³-hybridized carbons (Fsp3) is 0.222. The number of thiophene rings is 1. The van der Waals surface area contributed by atoms with Crippen molar-refractivity contribution in [1.29, 1.82) is 0 Å². The Labute approximate surface area is 153 Å². The van der Waals surface area contributed by atoms with Crippen molar-refractivity contribution in [3.63, 3.8) is 0 Å². The fourth-order valence-corrected chi connectivity index (χ4v) is 3.52. The number of amides is 1. The van der Waals surface area contributed by atoms with Gasteiger partial charge in [-0.25, -0.2) is 9.37 Å². The van der Waals surface area contributed by atoms with Crippen LogP contribution in [0.4, 0.5) is 4.39 Å². The summed E-state index contributed by atoms with van der Waals surface area (Å²) in [7, 11) is 1.75. The molecular formula is C18H16ClFN2O2S. The van der Waals surface area contributed by atoms with E-state index in [-0.39, 0.29) is 18.1 Å². The number of nitrogens with zero attached hydrogens (tertiary/aromatic N) is 2. The van der Waals surface area contributed by atoms with Gasteiger partial charge >= 0.3 is 0 Å². The van der Waals surface area contributed by atoms with Crippen LogP contribution in [0.1, 0.15) is 17.2 Å². The van der Waals surface area contributed by atoms with Crippen LogP contribution in [0.25, 0.3) is 11.3 Å². The fourth-order valence-electron chi connectivity index (χ4n) is 2.37. The second-order valence-electron chi connectivity index (χ2n) is 5.55. The highest BCUT2D eigenvalue weighted by Gasteiger charge is 2.14. The number of rotatable bonds is 6. The lowest BCUT2D eigenvalue weighted by Crippen LogP contribution is -2.26. The van der Waals surface area contributed by atoms with Crippen molar-refractivity contribution in [2.24, 2.45) is 0 Å². The van der Waals surface area contributed by atoms with E-state index in [9.17, 15) is 9.18 Å². The van der Waals surface area contributed by atoms with E-state index < -0.39 is 0 Å². The van der Waals surface area contributed by atoms with Gasteiger partial charge in [0.25, 0.3) is 0 Å². The molecule has 3 aromatic rings. The Bertz CT molecular complexity index is 877. The first kappa shape index (κ1) is 17.6. The van der Waals surface area contributed by atoms with Gasteiger partial charge in [0.15, 0.2) is 11.7 Å². The summed E-state index contributed by atoms with van der Waals surface area (Å²) in [6, 6.07) is 10.1. The van der Waals surface area contributed by atoms with Gasteiger partial charge in [0, 0.05) is 24.8 Å². The van der Waals surface area contributed by atoms with E-state index in [4.69, 9.17) is 16.0 Å². The van der Waals surface area contributed by atoms with Crippen LogP contribution in [0.5, 0.6) is 0 Å². The third kappa shape index (κ3) is 4.46. The van der Waals surface area contributed by atoms with Crippen LogP contribution in [0.15, 0.2) is 47.0 Å². The highest BCUT2D eigenvalue weighted by atomic mass is 35.5. The molecule has 0 unspecified atom stereocenters. The van der Waals surface area contributed by atoms with Crippen LogP contribution < -0.4 is 0 Å². The van der Waals surface area contributed by atoms with Gasteiger partial charge < -0.3 is 9.32 Å². The van der Waals surface area contributed by atoms with Crippen LogP contribution in [-0.2, 0) is 17.8 Å². The number of hydrogen-bond acceptors (Lipinski definition) is 4. The predicted molar refractivity (Wildman–Crippen MR) is 96.0 cm³/mol. The van der Waals surface area contributed by atoms with Gasteiger partial charge in [-0.3, -0.25) is 4.79 Å². The molecule has 0 fully saturated rings. The quantitative estimate of drug-likeness (QED) is 0.619. The Hall–Kier alpha value is -2.18. The molecule has 0 atom stereocenters. The number of carbonyl (C=O) groups is 1. The Morgan fingerprint density at radius 1 is 1.32 bits per heavy atom. The zero-order valence-electron chi connectivity index (χ0n) is 13.5. The molecule has 1 aromatic carbocycles. The van der Waals surface area contributed by atoms with Crippen molar-refractivity contribution in [3.8, 4) is 11.3 Å². The molecule has 4 nitrogen and oxygen atoms in total. The summed E-state index contributed by atoms with van der Waals surface area (Å²) in [4.78, 5) is 19.0. The second-order valence-corrected chi connectivity index (χ2v) is 7.35. The molecule has 130 valence electrons. The average molecular weight is 379 g/mol. The molecule has 2 heterocycles. The molecule has 7 heteroatoms. The summed E-state index contributed by atoms with van der Waals surface area (Å²) in [5, 5.41) is 0. The number of hydrogen-bond donors (Lipinski definition) is 0. The second kappa shape index (κ2) is 7.80. The van der Waals surface area contributed by atoms with Crippen LogP contribution in [0.3, 0.4) is 0 Å². The molecule has 25 heavy (non-hydrogen) atoms. The van der Waals surface area contributed by atoms with Crippen molar-refractivity contribution >= 4 is 28.8 Å². The molecule has 2 aromatic heterocycles. The van der Waals surface area contributed by atoms with Crippen molar-refractivity contribution < 1.29 is 13.6 Å². The molecule has 0 saturated carbocycles. The van der Waals surface area contributed by atoms with E-state index in [2.05, 4.69) is 4.98 Å². The standard InChI is InChI=1S/C18H16ClFN2O2S/c1-22(11-12-6-7-16(19)25-12)18(23)9-8-17-21-10-15(24-17)13-4-2-3-5-14(13)20/h2-7,10H,8-9,11H2,1H3. The molecule has 3 rings (SSSR count). The number of halogens is 2. The zero-order valence-corrected chi connectivity index (χ0v) is 15.1. The van der Waals surface area contributed by atoms with E-state index >= 15 is 0 Å². The van der Waals surface area contributed by atoms with Crippen molar-refractivity contribution in [2.45, 2.75) is 19.4 Å². The Balaban J connectivity index is 1.56. The monoisotopic (exact) mass is 378 g/mol. The highest BCUT2D eigenvalue weighted by molar-refractivity contribution is 7.16. The minimum Gasteiger partial charge on any atom is -0.441 e. The summed E-state index contributed by atoms with van der Waals surface area (Å²) < 4.78 is 20.0. The molecule has 0 radical (unpaired) electrons. The van der Waals surface area contributed by atoms with E-state index in [1.54, 1.807) is 30.1 Å². The third-order valence-corrected chi connectivity index (χ3v) is 4.91. The predicted octanol–water partition coefficient (Wildman–Crippen LogP) is 4.79. The molecule has 0 N–H and O–H groups in total. The first-order valence-corrected chi connectivity index (χ1v) is 8.90. The molecule has 0 bridgehead atoms. The Morgan fingerprint density at radius 3 is 2.84 bits per heavy atom. The SMILES string of the molecule is CN(Cc1ccc(Cl)s1)C(=O)CCc1ncc(-c2ccccc2F)o1. The maximum absolute atomic E-state index is 13.8. The minimum absolute atomic E-state index is 0.0184. The smallest absolute Gasteiger partial charge is 0.223 e. The van der Waals surface area contributed by atoms with E-state index in [1.807, 2.05) is 12.1 Å². The van der Waals surface area contributed by atoms with Gasteiger partial charge in [-0.15, -0.1) is 11.3 Å². The van der Waals surface area contributed by atoms with Crippen LogP contribution >= 0.6 is 22.9 Å². The van der Waals surface area contributed by atoms with E-state index in [0.29, 0.717) is 34.5 Å². The summed E-state index contributed by atoms with van der Waals surface area (Å²) in [5.74, 6) is 0.395. The van der Waals surface area contributed by atoms with Gasteiger partial charge in [-0.05, 0) is 24.3 Å². The number of carbonyl (C=O) groups excluding carboxylic acids is 1. The molecule has 0 aliphatic carbocycles. The molecular weight excluding hydrogens is 363 g/mol. The minimum atomic E-state index is -0.365. The number of oxazole rings is 1. The molecule has 1 amide bonds. The van der Waals surface area contributed by atoms with E-state index in [0.717, 1.165) is 4.88 Å². The van der Waals surface area contributed by atoms with Gasteiger partial charge in [0.2, 0.25) is 5.91 Å². The summed E-state index contributed by atoms with van der Waals surface area (Å²) in [5.41, 5.74) is 0.360. The first-order valence-electron chi connectivity index (χ1n) is 7.70. The van der Waals surface area contributed by atoms with Crippen LogP contribution in [0, 0.1) is 5.82 Å². The highest BCUT2D eigenvalue weighted by Crippen LogP contribution is 2.24.